The second-order valence-corrected chi connectivity index (χ2v) is 8.08. The van der Waals surface area contributed by atoms with Crippen LogP contribution in [0.15, 0.2) is 42.7 Å². The van der Waals surface area contributed by atoms with Crippen LogP contribution in [0.2, 0.25) is 0 Å². The monoisotopic (exact) mass is 431 g/mol. The van der Waals surface area contributed by atoms with E-state index in [-0.39, 0.29) is 0 Å². The van der Waals surface area contributed by atoms with Crippen LogP contribution in [0.25, 0.3) is 22.2 Å². The van der Waals surface area contributed by atoms with Gasteiger partial charge in [0.2, 0.25) is 6.29 Å². The number of rotatable bonds is 5. The maximum atomic E-state index is 10.4. The second-order valence-electron chi connectivity index (χ2n) is 8.08. The van der Waals surface area contributed by atoms with Gasteiger partial charge in [-0.1, -0.05) is 43.5 Å². The van der Waals surface area contributed by atoms with Crippen molar-refractivity contribution in [3.8, 4) is 11.1 Å². The van der Waals surface area contributed by atoms with E-state index < -0.39 is 12.5 Å². The zero-order chi connectivity index (χ0) is 22.3. The summed E-state index contributed by atoms with van der Waals surface area (Å²) in [6.07, 6.45) is 3.13. The summed E-state index contributed by atoms with van der Waals surface area (Å²) in [7, 11) is 0. The molecular weight excluding hydrogens is 403 g/mol. The van der Waals surface area contributed by atoms with E-state index in [0.717, 1.165) is 30.0 Å². The van der Waals surface area contributed by atoms with Gasteiger partial charge < -0.3 is 10.3 Å². The van der Waals surface area contributed by atoms with E-state index in [1.807, 2.05) is 0 Å². The minimum atomic E-state index is -4.64. The molecule has 1 fully saturated rings. The smallest absolute Gasteiger partial charge is 0.345 e. The van der Waals surface area contributed by atoms with E-state index in [9.17, 15) is 13.2 Å². The zero-order valence-electron chi connectivity index (χ0n) is 17.6. The number of aromatic amines is 1. The molecule has 0 unspecified atom stereocenters. The molecule has 0 radical (unpaired) electrons. The molecule has 0 aliphatic heterocycles. The molecular formula is C24H28F3N3O. The summed E-state index contributed by atoms with van der Waals surface area (Å²) in [6.45, 7) is 4.29. The van der Waals surface area contributed by atoms with Crippen molar-refractivity contribution in [2.75, 3.05) is 6.54 Å². The van der Waals surface area contributed by atoms with Gasteiger partial charge in [-0.05, 0) is 66.6 Å². The number of halogens is 3. The molecule has 2 aromatic carbocycles. The van der Waals surface area contributed by atoms with Crippen LogP contribution in [0, 0.1) is 12.8 Å². The van der Waals surface area contributed by atoms with Gasteiger partial charge >= 0.3 is 6.18 Å². The Morgan fingerprint density at radius 2 is 1.81 bits per heavy atom. The van der Waals surface area contributed by atoms with Gasteiger partial charge in [-0.2, -0.15) is 13.2 Å². The van der Waals surface area contributed by atoms with Crippen molar-refractivity contribution in [2.45, 2.75) is 51.7 Å². The molecule has 4 rings (SSSR count). The van der Waals surface area contributed by atoms with Crippen molar-refractivity contribution in [2.24, 2.45) is 5.92 Å². The van der Waals surface area contributed by atoms with Crippen LogP contribution in [0.5, 0.6) is 0 Å². The summed E-state index contributed by atoms with van der Waals surface area (Å²) in [4.78, 5) is 16.3. The fourth-order valence-electron chi connectivity index (χ4n) is 4.02. The molecule has 1 heterocycles. The number of alkyl halides is 3. The lowest BCUT2D eigenvalue weighted by Gasteiger charge is -2.21. The highest BCUT2D eigenvalue weighted by Gasteiger charge is 2.24. The molecule has 0 amide bonds. The minimum Gasteiger partial charge on any atom is -0.345 e. The third kappa shape index (κ3) is 6.92. The van der Waals surface area contributed by atoms with Gasteiger partial charge in [-0.3, -0.25) is 4.79 Å². The van der Waals surface area contributed by atoms with Crippen LogP contribution in [0.3, 0.4) is 0 Å². The largest absolute Gasteiger partial charge is 0.446 e. The third-order valence-corrected chi connectivity index (χ3v) is 5.65. The molecule has 0 bridgehead atoms. The molecule has 0 saturated heterocycles. The van der Waals surface area contributed by atoms with Gasteiger partial charge in [0.25, 0.3) is 0 Å². The molecule has 2 N–H and O–H groups in total. The normalized spacial score (nSPS) is 14.8. The topological polar surface area (TPSA) is 57.8 Å². The average Bonchev–Trinajstić information content (AvgIpc) is 3.22. The maximum absolute atomic E-state index is 10.4. The quantitative estimate of drug-likeness (QED) is 0.491. The van der Waals surface area contributed by atoms with Crippen molar-refractivity contribution >= 4 is 17.3 Å². The second kappa shape index (κ2) is 10.6. The van der Waals surface area contributed by atoms with E-state index >= 15 is 0 Å². The standard InChI is InChI=1S/C22H27N3.C2HF3O/c1-16-11-21-22(25-15-24-21)12-20(16)19-9-7-18(8-10-19)14-23-13-17-5-3-2-4-6-17;3-2(4,5)1-6/h7-12,15,17,23H,2-6,13-14H2,1H3,(H,24,25);1H. The highest BCUT2D eigenvalue weighted by Crippen LogP contribution is 2.27. The number of hydrogen-bond donors (Lipinski definition) is 2. The van der Waals surface area contributed by atoms with E-state index in [0.29, 0.717) is 0 Å². The molecule has 166 valence electrons. The number of imidazole rings is 1. The van der Waals surface area contributed by atoms with E-state index in [1.165, 1.54) is 54.4 Å². The Bertz CT molecular complexity index is 974. The number of aldehydes is 1. The highest BCUT2D eigenvalue weighted by molar-refractivity contribution is 5.83. The number of nitrogens with zero attached hydrogens (tertiary/aromatic N) is 1. The van der Waals surface area contributed by atoms with Crippen LogP contribution in [-0.4, -0.2) is 29.0 Å². The molecule has 0 spiro atoms. The molecule has 1 aliphatic carbocycles. The van der Waals surface area contributed by atoms with Crippen LogP contribution >= 0.6 is 0 Å². The van der Waals surface area contributed by atoms with Gasteiger partial charge in [0.1, 0.15) is 0 Å². The molecule has 0 atom stereocenters. The zero-order valence-corrected chi connectivity index (χ0v) is 17.6. The van der Waals surface area contributed by atoms with Crippen molar-refractivity contribution in [1.29, 1.82) is 0 Å². The molecule has 1 aromatic heterocycles. The number of H-pyrrole nitrogens is 1. The van der Waals surface area contributed by atoms with Crippen LogP contribution < -0.4 is 5.32 Å². The first-order valence-electron chi connectivity index (χ1n) is 10.6. The first-order chi connectivity index (χ1) is 14.9. The average molecular weight is 432 g/mol. The Balaban J connectivity index is 0.000000401. The van der Waals surface area contributed by atoms with Crippen molar-refractivity contribution in [3.63, 3.8) is 0 Å². The lowest BCUT2D eigenvalue weighted by Crippen LogP contribution is -2.24. The number of benzene rings is 2. The molecule has 31 heavy (non-hydrogen) atoms. The predicted octanol–water partition coefficient (Wildman–Crippen LogP) is 5.96. The number of carbonyl (C=O) groups excluding carboxylic acids is 1. The summed E-state index contributed by atoms with van der Waals surface area (Å²) < 4.78 is 31.2. The molecule has 3 aromatic rings. The first kappa shape index (κ1) is 23.0. The van der Waals surface area contributed by atoms with E-state index in [4.69, 9.17) is 4.79 Å². The Labute approximate surface area is 180 Å². The number of fused-ring (bicyclic) bond motifs is 1. The van der Waals surface area contributed by atoms with E-state index in [1.54, 1.807) is 6.33 Å². The van der Waals surface area contributed by atoms with Gasteiger partial charge in [0, 0.05) is 6.54 Å². The van der Waals surface area contributed by atoms with Gasteiger partial charge in [-0.15, -0.1) is 0 Å². The summed E-state index contributed by atoms with van der Waals surface area (Å²) in [5.74, 6) is 0.885. The summed E-state index contributed by atoms with van der Waals surface area (Å²) in [6, 6.07) is 13.3. The van der Waals surface area contributed by atoms with Crippen LogP contribution in [0.1, 0.15) is 43.2 Å². The summed E-state index contributed by atoms with van der Waals surface area (Å²) >= 11 is 0. The number of carbonyl (C=O) groups is 1. The Morgan fingerprint density at radius 3 is 2.45 bits per heavy atom. The highest BCUT2D eigenvalue weighted by atomic mass is 19.4. The van der Waals surface area contributed by atoms with E-state index in [2.05, 4.69) is 58.6 Å². The Hall–Kier alpha value is -2.67. The number of nitrogens with one attached hydrogen (secondary N) is 2. The minimum absolute atomic E-state index is 0.885. The maximum Gasteiger partial charge on any atom is 0.446 e. The first-order valence-corrected chi connectivity index (χ1v) is 10.6. The Kier molecular flexibility index (Phi) is 7.85. The summed E-state index contributed by atoms with van der Waals surface area (Å²) in [5.41, 5.74) is 7.29. The van der Waals surface area contributed by atoms with Crippen molar-refractivity contribution in [3.05, 3.63) is 53.9 Å². The number of hydrogen-bond acceptors (Lipinski definition) is 3. The molecule has 7 heteroatoms. The molecule has 4 nitrogen and oxygen atoms in total. The number of aromatic nitrogens is 2. The van der Waals surface area contributed by atoms with Gasteiger partial charge in [-0.25, -0.2) is 4.98 Å². The van der Waals surface area contributed by atoms with Crippen molar-refractivity contribution in [1.82, 2.24) is 15.3 Å². The molecule has 1 saturated carbocycles. The summed E-state index contributed by atoms with van der Waals surface area (Å²) in [5, 5.41) is 3.65. The fourth-order valence-corrected chi connectivity index (χ4v) is 4.02. The van der Waals surface area contributed by atoms with Crippen LogP contribution in [-0.2, 0) is 11.3 Å². The molecule has 1 aliphatic rings. The predicted molar refractivity (Wildman–Crippen MR) is 117 cm³/mol. The lowest BCUT2D eigenvalue weighted by atomic mass is 9.89. The lowest BCUT2D eigenvalue weighted by molar-refractivity contribution is -0.156. The SMILES string of the molecule is Cc1cc2[nH]cnc2cc1-c1ccc(CNCC2CCCCC2)cc1.O=CC(F)(F)F. The van der Waals surface area contributed by atoms with Crippen LogP contribution in [0.4, 0.5) is 13.2 Å². The fraction of sp³-hybridized carbons (Fsp3) is 0.417. The van der Waals surface area contributed by atoms with Gasteiger partial charge in [0.15, 0.2) is 0 Å². The Morgan fingerprint density at radius 1 is 1.13 bits per heavy atom. The van der Waals surface area contributed by atoms with Gasteiger partial charge in [0.05, 0.1) is 17.4 Å². The third-order valence-electron chi connectivity index (χ3n) is 5.65. The number of aryl methyl sites for hydroxylation is 1. The van der Waals surface area contributed by atoms with Crippen molar-refractivity contribution < 1.29 is 18.0 Å².